The van der Waals surface area contributed by atoms with Crippen molar-refractivity contribution < 1.29 is 67.8 Å². The van der Waals surface area contributed by atoms with Crippen molar-refractivity contribution in [1.82, 2.24) is 15.2 Å². The molecule has 1 aliphatic carbocycles. The maximum absolute atomic E-state index is 15.0. The summed E-state index contributed by atoms with van der Waals surface area (Å²) in [4.78, 5) is 103. The molecule has 8 rings (SSSR count). The van der Waals surface area contributed by atoms with Gasteiger partial charge in [-0.25, -0.2) is 4.98 Å². The summed E-state index contributed by atoms with van der Waals surface area (Å²) in [6.07, 6.45) is 3.94. The number of esters is 1. The number of phenolic OH excluding ortho intramolecular Hbond substituents is 2. The maximum Gasteiger partial charge on any atom is 0.312 e. The van der Waals surface area contributed by atoms with Gasteiger partial charge in [0.05, 0.1) is 41.3 Å². The van der Waals surface area contributed by atoms with Gasteiger partial charge in [-0.05, 0) is 37.7 Å². The number of hydrogen-bond acceptors (Lipinski definition) is 18. The van der Waals surface area contributed by atoms with E-state index in [1.54, 1.807) is 65.0 Å². The number of fused-ring (bicyclic) bond motifs is 14. The first kappa shape index (κ1) is 58.5. The Labute approximate surface area is 452 Å². The standard InChI is InChI=1S/C58H73N5O15/c1-28(2)25-62-17-19-63(20-18-62)37-22-38(66)44-39(23-37)76-53-45(60-44)41-42-49(70)35(9)52-43(41)54(72)58(12,78-52)75-21-16-29(3)32(6)51(77-40(67)24-57(10,11)56(74)59-36(26-64)27-65)34(8)48(69)33(7)47(68)30(4)14-13-15-31(5)55(73)61-46(53)50(42)71/h13-16,21-23,26-30,32-34,36,47-48,51,66,68-70H,17-20,24-25H2,1-12H3,(H,59,74)(H,61,73)/b14-13+,21-16+,31-15-/t29-,30-,32+,33+,34+,47-,48+,51+,58-/m0/s1. The topological polar surface area (TPSA) is 285 Å². The Balaban J connectivity index is 1.34. The number of aliphatic hydroxyl groups is 2. The third kappa shape index (κ3) is 11.5. The van der Waals surface area contributed by atoms with E-state index in [1.807, 2.05) is 0 Å². The van der Waals surface area contributed by atoms with Gasteiger partial charge in [0.25, 0.3) is 11.7 Å². The number of anilines is 2. The van der Waals surface area contributed by atoms with Crippen molar-refractivity contribution in [2.45, 2.75) is 120 Å². The number of carbonyl (C=O) groups is 6. The van der Waals surface area contributed by atoms with E-state index in [2.05, 4.69) is 34.3 Å². The molecule has 2 aromatic carbocycles. The number of aliphatic hydroxyl groups excluding tert-OH is 2. The summed E-state index contributed by atoms with van der Waals surface area (Å²) in [5, 5.41) is 51.6. The van der Waals surface area contributed by atoms with E-state index in [1.165, 1.54) is 47.0 Å². The van der Waals surface area contributed by atoms with Crippen LogP contribution in [-0.2, 0) is 33.4 Å². The minimum absolute atomic E-state index is 0.000919. The van der Waals surface area contributed by atoms with Crippen LogP contribution in [0.5, 0.6) is 17.2 Å². The normalized spacial score (nSPS) is 27.3. The highest BCUT2D eigenvalue weighted by atomic mass is 16.7. The molecule has 78 heavy (non-hydrogen) atoms. The van der Waals surface area contributed by atoms with Crippen LogP contribution in [-0.4, -0.2) is 129 Å². The second kappa shape index (κ2) is 23.0. The minimum atomic E-state index is -2.13. The summed E-state index contributed by atoms with van der Waals surface area (Å²) in [5.74, 6) is -9.46. The number of hydrogen-bond donors (Lipinski definition) is 6. The molecule has 0 radical (unpaired) electrons. The fourth-order valence-corrected chi connectivity index (χ4v) is 10.5. The van der Waals surface area contributed by atoms with Crippen LogP contribution < -0.4 is 25.7 Å². The van der Waals surface area contributed by atoms with Gasteiger partial charge >= 0.3 is 11.8 Å². The van der Waals surface area contributed by atoms with E-state index < -0.39 is 112 Å². The fraction of sp³-hybridized carbons (Fsp3) is 0.517. The highest BCUT2D eigenvalue weighted by Gasteiger charge is 2.50. The number of nitrogens with zero attached hydrogens (tertiary/aromatic N) is 3. The smallest absolute Gasteiger partial charge is 0.312 e. The number of rotatable bonds is 10. The van der Waals surface area contributed by atoms with Crippen molar-refractivity contribution >= 4 is 69.4 Å². The van der Waals surface area contributed by atoms with Gasteiger partial charge in [0.2, 0.25) is 11.3 Å². The molecule has 2 aromatic rings. The summed E-state index contributed by atoms with van der Waals surface area (Å²) in [7, 11) is 0. The van der Waals surface area contributed by atoms with Crippen LogP contribution in [0.3, 0.4) is 0 Å². The van der Waals surface area contributed by atoms with Crippen LogP contribution >= 0.6 is 0 Å². The number of carbonyl (C=O) groups excluding carboxylic acids is 6. The minimum Gasteiger partial charge on any atom is -0.507 e. The first-order valence-corrected chi connectivity index (χ1v) is 26.5. The number of piperazine rings is 1. The van der Waals surface area contributed by atoms with Crippen LogP contribution in [0.25, 0.3) is 33.3 Å². The van der Waals surface area contributed by atoms with E-state index in [0.29, 0.717) is 24.7 Å². The van der Waals surface area contributed by atoms with Crippen molar-refractivity contribution in [2.75, 3.05) is 42.9 Å². The van der Waals surface area contributed by atoms with E-state index in [9.17, 15) is 54.0 Å². The number of amides is 2. The van der Waals surface area contributed by atoms with Crippen LogP contribution in [0.1, 0.15) is 98.5 Å². The van der Waals surface area contributed by atoms with Gasteiger partial charge in [0.15, 0.2) is 11.3 Å². The van der Waals surface area contributed by atoms with Gasteiger partial charge < -0.3 is 64.2 Å². The Morgan fingerprint density at radius 1 is 0.936 bits per heavy atom. The second-order valence-electron chi connectivity index (χ2n) is 22.6. The molecule has 9 atom stereocenters. The average Bonchev–Trinajstić information content (AvgIpc) is 3.87. The molecule has 0 saturated carbocycles. The Morgan fingerprint density at radius 2 is 1.60 bits per heavy atom. The molecule has 0 spiro atoms. The highest BCUT2D eigenvalue weighted by Crippen LogP contribution is 2.51. The summed E-state index contributed by atoms with van der Waals surface area (Å²) in [6.45, 7) is 23.9. The zero-order chi connectivity index (χ0) is 57.5. The van der Waals surface area contributed by atoms with Crippen LogP contribution in [0.15, 0.2) is 57.5 Å². The maximum atomic E-state index is 15.0. The van der Waals surface area contributed by atoms with Crippen molar-refractivity contribution in [1.29, 1.82) is 0 Å². The number of allylic oxidation sites excluding steroid dienone is 3. The molecule has 6 aliphatic rings. The number of aromatic nitrogens is 1. The Kier molecular flexibility index (Phi) is 17.3. The molecular weight excluding hydrogens is 1010 g/mol. The van der Waals surface area contributed by atoms with Crippen LogP contribution in [0, 0.1) is 47.8 Å². The van der Waals surface area contributed by atoms with Crippen molar-refractivity contribution in [3.8, 4) is 28.7 Å². The van der Waals surface area contributed by atoms with Gasteiger partial charge in [-0.15, -0.1) is 0 Å². The third-order valence-electron chi connectivity index (χ3n) is 15.7. The Bertz CT molecular complexity index is 3130. The number of benzene rings is 3. The fourth-order valence-electron chi connectivity index (χ4n) is 10.5. The first-order chi connectivity index (χ1) is 36.6. The van der Waals surface area contributed by atoms with Crippen molar-refractivity contribution in [2.24, 2.45) is 40.9 Å². The molecule has 0 unspecified atom stereocenters. The molecular formula is C58H73N5O15. The van der Waals surface area contributed by atoms with Gasteiger partial charge in [0, 0.05) is 91.7 Å². The van der Waals surface area contributed by atoms with Crippen LogP contribution in [0.2, 0.25) is 0 Å². The molecule has 2 amide bonds. The van der Waals surface area contributed by atoms with Crippen molar-refractivity contribution in [3.63, 3.8) is 0 Å². The molecule has 5 heterocycles. The molecule has 20 heteroatoms. The van der Waals surface area contributed by atoms with Gasteiger partial charge in [-0.1, -0.05) is 80.5 Å². The molecule has 6 N–H and O–H groups in total. The number of nitrogens with one attached hydrogen (secondary N) is 2. The molecule has 0 aromatic heterocycles. The number of ketones is 1. The lowest BCUT2D eigenvalue weighted by Gasteiger charge is -2.38. The number of Topliss-reactive ketones (excluding diaryl/α,β-unsaturated/α-hetero) is 1. The monoisotopic (exact) mass is 1080 g/mol. The highest BCUT2D eigenvalue weighted by molar-refractivity contribution is 6.22. The quantitative estimate of drug-likeness (QED) is 0.0332. The Hall–Kier alpha value is -7.16. The van der Waals surface area contributed by atoms with Gasteiger partial charge in [-0.2, -0.15) is 0 Å². The SMILES string of the molecule is C/C1=C/C=C/[C@H](C)[C@H](O)[C@@H](C)[C@@H](O)[C@@H](C)[C@H](OC(=O)CC(C)(C)C(=O)NC(C=O)C=O)[C@H](C)[C@@H](C)/C=C/O[C@@]2(C)Oc3c(C)c(O)c4c(=O)c(c5oc6cc(N7CCN(CC(C)C)CC7)cc(O)c6nc-5c4c3C2=O)NC1=O. The van der Waals surface area contributed by atoms with E-state index in [4.69, 9.17) is 23.6 Å². The molecule has 1 fully saturated rings. The predicted molar refractivity (Wildman–Crippen MR) is 291 cm³/mol. The molecule has 1 saturated heterocycles. The zero-order valence-electron chi connectivity index (χ0n) is 46.3. The van der Waals surface area contributed by atoms with E-state index in [-0.39, 0.29) is 74.1 Å². The Morgan fingerprint density at radius 3 is 2.24 bits per heavy atom. The molecule has 420 valence electrons. The zero-order valence-corrected chi connectivity index (χ0v) is 46.3. The number of phenols is 2. The number of aromatic hydroxyl groups is 2. The lowest BCUT2D eigenvalue weighted by atomic mass is 9.77. The first-order valence-electron chi connectivity index (χ1n) is 26.5. The number of ether oxygens (including phenoxy) is 3. The van der Waals surface area contributed by atoms with Gasteiger partial charge in [-0.3, -0.25) is 28.9 Å². The average molecular weight is 1080 g/mol. The third-order valence-corrected chi connectivity index (χ3v) is 15.7. The van der Waals surface area contributed by atoms with Gasteiger partial charge in [0.1, 0.15) is 58.9 Å². The summed E-state index contributed by atoms with van der Waals surface area (Å²) >= 11 is 0. The largest absolute Gasteiger partial charge is 0.507 e. The number of aldehydes is 2. The summed E-state index contributed by atoms with van der Waals surface area (Å²) in [6, 6.07) is 1.83. The molecule has 5 aliphatic heterocycles. The summed E-state index contributed by atoms with van der Waals surface area (Å²) < 4.78 is 25.1. The second-order valence-corrected chi connectivity index (χ2v) is 22.6. The van der Waals surface area contributed by atoms with E-state index in [0.717, 1.165) is 19.6 Å². The lowest BCUT2D eigenvalue weighted by molar-refractivity contribution is -0.165. The van der Waals surface area contributed by atoms with E-state index >= 15 is 0 Å². The lowest BCUT2D eigenvalue weighted by Crippen LogP contribution is -2.47. The van der Waals surface area contributed by atoms with Crippen molar-refractivity contribution in [3.05, 3.63) is 69.6 Å². The predicted octanol–water partition coefficient (Wildman–Crippen LogP) is 6.33. The van der Waals surface area contributed by atoms with Crippen LogP contribution in [0.4, 0.5) is 11.4 Å². The summed E-state index contributed by atoms with van der Waals surface area (Å²) in [5.41, 5.74) is -2.35. The molecule has 5 bridgehead atoms. The molecule has 20 nitrogen and oxygen atoms in total.